The Morgan fingerprint density at radius 2 is 0.588 bits per heavy atom. The number of esters is 6. The molecule has 0 N–H and O–H groups in total. The third-order valence-electron chi connectivity index (χ3n) is 31.5. The Labute approximate surface area is 715 Å². The summed E-state index contributed by atoms with van der Waals surface area (Å²) in [5, 5.41) is 0. The molecule has 114 heavy (non-hydrogen) atoms. The predicted molar refractivity (Wildman–Crippen MR) is 499 cm³/mol. The molecule has 0 aliphatic heterocycles. The van der Waals surface area contributed by atoms with E-state index in [1.165, 1.54) is 122 Å². The van der Waals surface area contributed by atoms with E-state index in [4.69, 9.17) is 28.4 Å². The molecule has 9 saturated carbocycles. The maximum atomic E-state index is 12.5. The number of rotatable bonds is 19. The van der Waals surface area contributed by atoms with Gasteiger partial charge in [-0.15, -0.1) is 0 Å². The molecule has 6 bridgehead atoms. The highest BCUT2D eigenvalue weighted by atomic mass is 16.6. The van der Waals surface area contributed by atoms with E-state index in [0.717, 1.165) is 96.3 Å². The highest BCUT2D eigenvalue weighted by Crippen LogP contribution is 2.73. The van der Waals surface area contributed by atoms with Crippen LogP contribution in [0.2, 0.25) is 0 Å². The summed E-state index contributed by atoms with van der Waals surface area (Å²) in [5.41, 5.74) is -1.01. The largest absolute Gasteiger partial charge is 0.459 e. The van der Waals surface area contributed by atoms with Crippen molar-refractivity contribution < 1.29 is 57.2 Å². The summed E-state index contributed by atoms with van der Waals surface area (Å²) in [6, 6.07) is 0. The minimum absolute atomic E-state index is 0. The smallest absolute Gasteiger partial charge is 0.312 e. The fourth-order valence-electron chi connectivity index (χ4n) is 19.2. The van der Waals surface area contributed by atoms with Gasteiger partial charge in [0, 0.05) is 21.7 Å². The number of hydrogen-bond donors (Lipinski definition) is 0. The molecule has 9 fully saturated rings. The second-order valence-electron chi connectivity index (χ2n) is 39.6. The molecule has 0 heterocycles. The summed E-state index contributed by atoms with van der Waals surface area (Å²) < 4.78 is 35.4. The van der Waals surface area contributed by atoms with Gasteiger partial charge in [-0.25, -0.2) is 0 Å². The number of carbonyl (C=O) groups excluding carboxylic acids is 6. The van der Waals surface area contributed by atoms with E-state index in [2.05, 4.69) is 111 Å². The SMILES string of the molecule is C.C.C.C.C.C.C.C.C.C.C.C.CCC(C)(C)C(=O)OC1(C)CC2CCC1(C)C2(C)C.CCC(C)(C)C(=O)OC1(C)CCCCCC1.CCC(C)C(=O)OC1(C)C2(C)CCC(C2)C1(C)C.CCC(C)C(=O)OC1(C)CC2CCC1(C)C2(C)C.CCC(C)C(=O)OC1(C)CCCCCC1.CCC(C)C(=O)OC1(CC)CCCCCC1. The van der Waals surface area contributed by atoms with Gasteiger partial charge < -0.3 is 28.4 Å². The van der Waals surface area contributed by atoms with Gasteiger partial charge in [-0.1, -0.05) is 266 Å². The van der Waals surface area contributed by atoms with E-state index in [-0.39, 0.29) is 226 Å². The standard InChI is InChI=1S/C17H30O2.2C16H28O2.2C14H26O2.C13H24O2.12CH4/c1-8-14(2,3)13(18)19-17(7)11-12-9-10-16(17,6)15(12,4)5;1-7-11(2)13(17)18-16(6)10-12-8-9-15(16,5)14(12,3)4;1-7-11(2)13(17)18-16(6)14(3,4)12-8-9-15(16,5)10-12;1-5-13(2,3)12(15)16-14(4)10-8-6-7-9-11-14;1-4-12(3)13(15)16-14(5-2)10-8-6-7-9-11-14;1-4-11(2)12(14)15-13(3)9-7-5-6-8-10-13;;;;;;;;;;;;/h12H,8-11H2,1-7H3;2*11-12H,7-10H2,1-6H3;5-11H2,1-4H3;12H,4-11H2,1-3H3;11H,4-10H2,1-3H3;12*1H4. The van der Waals surface area contributed by atoms with E-state index >= 15 is 0 Å². The topological polar surface area (TPSA) is 158 Å². The van der Waals surface area contributed by atoms with Gasteiger partial charge in [-0.3, -0.25) is 28.8 Å². The van der Waals surface area contributed by atoms with Gasteiger partial charge in [-0.2, -0.15) is 0 Å². The van der Waals surface area contributed by atoms with Crippen LogP contribution in [-0.2, 0) is 57.2 Å². The Hall–Kier alpha value is -3.18. The van der Waals surface area contributed by atoms with Gasteiger partial charge in [-0.05, 0) is 271 Å². The molecule has 9 rings (SSSR count). The van der Waals surface area contributed by atoms with Gasteiger partial charge in [0.15, 0.2) is 0 Å². The molecule has 13 atom stereocenters. The molecule has 13 unspecified atom stereocenters. The minimum atomic E-state index is -0.370. The van der Waals surface area contributed by atoms with E-state index in [9.17, 15) is 28.8 Å². The molecular formula is C102H210O12. The molecule has 0 aromatic carbocycles. The van der Waals surface area contributed by atoms with Crippen molar-refractivity contribution >= 4 is 35.8 Å². The normalized spacial score (nSPS) is 29.4. The molecule has 0 spiro atoms. The Bertz CT molecular complexity index is 2690. The monoisotopic (exact) mass is 1630 g/mol. The zero-order chi connectivity index (χ0) is 77.8. The summed E-state index contributed by atoms with van der Waals surface area (Å²) >= 11 is 0. The van der Waals surface area contributed by atoms with Crippen LogP contribution in [0.5, 0.6) is 0 Å². The van der Waals surface area contributed by atoms with Crippen molar-refractivity contribution in [1.82, 2.24) is 0 Å². The van der Waals surface area contributed by atoms with Crippen LogP contribution in [0.4, 0.5) is 0 Å². The average molecular weight is 1630 g/mol. The quantitative estimate of drug-likeness (QED) is 0.0686. The van der Waals surface area contributed by atoms with Crippen molar-refractivity contribution in [3.63, 3.8) is 0 Å². The third-order valence-corrected chi connectivity index (χ3v) is 31.5. The van der Waals surface area contributed by atoms with Crippen molar-refractivity contribution in [3.8, 4) is 0 Å². The first kappa shape index (κ1) is 129. The van der Waals surface area contributed by atoms with Crippen molar-refractivity contribution in [3.05, 3.63) is 0 Å². The average Bonchev–Trinajstić information content (AvgIpc) is 1.74. The summed E-state index contributed by atoms with van der Waals surface area (Å²) in [6.45, 7) is 61.8. The molecule has 9 aliphatic rings. The lowest BCUT2D eigenvalue weighted by molar-refractivity contribution is -0.197. The summed E-state index contributed by atoms with van der Waals surface area (Å²) in [6.07, 6.45) is 38.0. The number of carbonyl (C=O) groups is 6. The van der Waals surface area contributed by atoms with Crippen LogP contribution in [0.15, 0.2) is 0 Å². The lowest BCUT2D eigenvalue weighted by Gasteiger charge is -2.51. The molecule has 0 amide bonds. The van der Waals surface area contributed by atoms with Gasteiger partial charge in [0.1, 0.15) is 33.6 Å². The van der Waals surface area contributed by atoms with E-state index in [1.54, 1.807) is 0 Å². The van der Waals surface area contributed by atoms with Crippen LogP contribution < -0.4 is 0 Å². The van der Waals surface area contributed by atoms with Crippen LogP contribution in [0.1, 0.15) is 508 Å². The number of fused-ring (bicyclic) bond motifs is 6. The number of hydrogen-bond acceptors (Lipinski definition) is 12. The number of ether oxygens (including phenoxy) is 6. The minimum Gasteiger partial charge on any atom is -0.459 e. The zero-order valence-corrected chi connectivity index (χ0v) is 72.0. The van der Waals surface area contributed by atoms with Crippen LogP contribution in [0.25, 0.3) is 0 Å². The first-order chi connectivity index (χ1) is 47.0. The fraction of sp³-hybridized carbons (Fsp3) is 0.941. The Morgan fingerprint density at radius 3 is 0.868 bits per heavy atom. The summed E-state index contributed by atoms with van der Waals surface area (Å²) in [7, 11) is 0. The molecule has 12 nitrogen and oxygen atoms in total. The highest BCUT2D eigenvalue weighted by molar-refractivity contribution is 5.77. The van der Waals surface area contributed by atoms with Crippen LogP contribution in [-0.4, -0.2) is 69.4 Å². The predicted octanol–water partition coefficient (Wildman–Crippen LogP) is 32.4. The maximum absolute atomic E-state index is 12.5. The summed E-state index contributed by atoms with van der Waals surface area (Å²) in [4.78, 5) is 72.5. The molecule has 12 heteroatoms. The van der Waals surface area contributed by atoms with E-state index in [0.29, 0.717) is 17.8 Å². The molecule has 0 aromatic heterocycles. The van der Waals surface area contributed by atoms with Crippen molar-refractivity contribution in [2.24, 2.45) is 84.7 Å². The molecular weight excluding hydrogens is 1420 g/mol. The zero-order valence-electron chi connectivity index (χ0n) is 72.0. The lowest BCUT2D eigenvalue weighted by atomic mass is 9.61. The van der Waals surface area contributed by atoms with Gasteiger partial charge in [0.25, 0.3) is 0 Å². The molecule has 0 aromatic rings. The van der Waals surface area contributed by atoms with Crippen LogP contribution in [0.3, 0.4) is 0 Å². The molecule has 0 radical (unpaired) electrons. The molecule has 690 valence electrons. The Morgan fingerprint density at radius 1 is 0.316 bits per heavy atom. The molecule has 9 aliphatic carbocycles. The fourth-order valence-corrected chi connectivity index (χ4v) is 19.2. The van der Waals surface area contributed by atoms with E-state index in [1.807, 2.05) is 90.0 Å². The van der Waals surface area contributed by atoms with Crippen molar-refractivity contribution in [2.75, 3.05) is 0 Å². The highest BCUT2D eigenvalue weighted by Gasteiger charge is 2.71. The maximum Gasteiger partial charge on any atom is 0.312 e. The third kappa shape index (κ3) is 28.7. The van der Waals surface area contributed by atoms with Gasteiger partial charge in [0.2, 0.25) is 0 Å². The summed E-state index contributed by atoms with van der Waals surface area (Å²) in [5.74, 6) is 2.15. The second kappa shape index (κ2) is 50.9. The first-order valence-electron chi connectivity index (χ1n) is 42.3. The molecule has 0 saturated heterocycles. The van der Waals surface area contributed by atoms with Crippen molar-refractivity contribution in [1.29, 1.82) is 0 Å². The lowest BCUT2D eigenvalue weighted by Crippen LogP contribution is -2.55. The second-order valence-corrected chi connectivity index (χ2v) is 39.6. The van der Waals surface area contributed by atoms with E-state index < -0.39 is 0 Å². The van der Waals surface area contributed by atoms with Crippen molar-refractivity contribution in [2.45, 2.75) is 542 Å². The van der Waals surface area contributed by atoms with Crippen LogP contribution >= 0.6 is 0 Å². The Kier molecular flexibility index (Phi) is 57.6. The first-order valence-corrected chi connectivity index (χ1v) is 42.3. The van der Waals surface area contributed by atoms with Crippen LogP contribution in [0, 0.1) is 84.7 Å². The van der Waals surface area contributed by atoms with Gasteiger partial charge in [0.05, 0.1) is 34.5 Å². The van der Waals surface area contributed by atoms with Gasteiger partial charge >= 0.3 is 35.8 Å². The Balaban J connectivity index is -0.000000163.